The average molecular weight is 393 g/mol. The number of aliphatic hydroxyl groups is 2. The van der Waals surface area contributed by atoms with Crippen molar-refractivity contribution < 1.29 is 33.6 Å². The molecule has 0 radical (unpaired) electrons. The van der Waals surface area contributed by atoms with E-state index in [2.05, 4.69) is 5.32 Å². The number of fused-ring (bicyclic) bond motifs is 1. The molecule has 3 rings (SSSR count). The number of anilines is 1. The molecule has 28 heavy (non-hydrogen) atoms. The van der Waals surface area contributed by atoms with Crippen LogP contribution in [0, 0.1) is 0 Å². The molecule has 2 heterocycles. The van der Waals surface area contributed by atoms with Crippen molar-refractivity contribution >= 4 is 22.6 Å². The zero-order valence-electron chi connectivity index (χ0n) is 16.0. The first-order valence-corrected chi connectivity index (χ1v) is 8.71. The molecule has 4 atom stereocenters. The summed E-state index contributed by atoms with van der Waals surface area (Å²) in [5.74, 6) is -0.114. The molecule has 0 saturated carbocycles. The van der Waals surface area contributed by atoms with Crippen LogP contribution in [0.25, 0.3) is 11.0 Å². The smallest absolute Gasteiger partial charge is 0.360 e. The van der Waals surface area contributed by atoms with Crippen LogP contribution in [0.1, 0.15) is 20.8 Å². The molecule has 1 aromatic heterocycles. The van der Waals surface area contributed by atoms with Crippen molar-refractivity contribution in [1.29, 1.82) is 0 Å². The quantitative estimate of drug-likeness (QED) is 0.657. The van der Waals surface area contributed by atoms with Crippen molar-refractivity contribution in [2.75, 3.05) is 12.4 Å². The fourth-order valence-corrected chi connectivity index (χ4v) is 3.28. The number of hydrogen-bond donors (Lipinski definition) is 3. The van der Waals surface area contributed by atoms with E-state index < -0.39 is 35.8 Å². The predicted octanol–water partition coefficient (Wildman–Crippen LogP) is 1.00. The fraction of sp³-hybridized carbons (Fsp3) is 0.474. The number of benzene rings is 1. The third-order valence-electron chi connectivity index (χ3n) is 4.57. The molecule has 1 aliphatic heterocycles. The van der Waals surface area contributed by atoms with Crippen molar-refractivity contribution in [1.82, 2.24) is 0 Å². The van der Waals surface area contributed by atoms with E-state index in [0.29, 0.717) is 5.39 Å². The van der Waals surface area contributed by atoms with Crippen LogP contribution < -0.4 is 15.7 Å². The number of nitrogens with one attached hydrogen (secondary N) is 1. The summed E-state index contributed by atoms with van der Waals surface area (Å²) in [5.41, 5.74) is -1.34. The van der Waals surface area contributed by atoms with Crippen LogP contribution in [-0.4, -0.2) is 53.4 Å². The molecule has 0 bridgehead atoms. The van der Waals surface area contributed by atoms with E-state index >= 15 is 0 Å². The number of amides is 1. The molecule has 1 saturated heterocycles. The summed E-state index contributed by atoms with van der Waals surface area (Å²) in [6, 6.07) is 6.19. The molecular weight excluding hydrogens is 370 g/mol. The Morgan fingerprint density at radius 2 is 1.93 bits per heavy atom. The Hall–Kier alpha value is -2.46. The number of carbonyl (C=O) groups is 1. The fourth-order valence-electron chi connectivity index (χ4n) is 3.28. The summed E-state index contributed by atoms with van der Waals surface area (Å²) in [6.07, 6.45) is -4.44. The highest BCUT2D eigenvalue weighted by Crippen LogP contribution is 2.33. The van der Waals surface area contributed by atoms with Crippen molar-refractivity contribution in [2.24, 2.45) is 0 Å². The summed E-state index contributed by atoms with van der Waals surface area (Å²) >= 11 is 0. The Morgan fingerprint density at radius 3 is 2.57 bits per heavy atom. The monoisotopic (exact) mass is 393 g/mol. The SMILES string of the molecule is CO[C@@H]1[C@@H](O)[C@H](O)[C@H](Oc2ccc3cc(NC(C)=O)c(=O)oc3c2)OC1(C)C. The number of rotatable bonds is 4. The summed E-state index contributed by atoms with van der Waals surface area (Å²) in [4.78, 5) is 23.1. The molecule has 0 aliphatic carbocycles. The van der Waals surface area contributed by atoms with Crippen LogP contribution in [0.5, 0.6) is 5.75 Å². The lowest BCUT2D eigenvalue weighted by molar-refractivity contribution is -0.305. The zero-order chi connectivity index (χ0) is 20.6. The van der Waals surface area contributed by atoms with Crippen LogP contribution in [0.15, 0.2) is 33.5 Å². The van der Waals surface area contributed by atoms with E-state index in [1.807, 2.05) is 0 Å². The van der Waals surface area contributed by atoms with Gasteiger partial charge in [-0.15, -0.1) is 0 Å². The molecule has 1 aromatic carbocycles. The van der Waals surface area contributed by atoms with Gasteiger partial charge in [0, 0.05) is 25.5 Å². The third kappa shape index (κ3) is 3.88. The Balaban J connectivity index is 1.86. The molecule has 3 N–H and O–H groups in total. The van der Waals surface area contributed by atoms with Gasteiger partial charge in [-0.2, -0.15) is 0 Å². The first-order chi connectivity index (χ1) is 13.1. The maximum atomic E-state index is 12.0. The molecule has 1 amide bonds. The highest BCUT2D eigenvalue weighted by atomic mass is 16.7. The van der Waals surface area contributed by atoms with Gasteiger partial charge in [-0.3, -0.25) is 4.79 Å². The number of methoxy groups -OCH3 is 1. The van der Waals surface area contributed by atoms with Crippen molar-refractivity contribution in [2.45, 2.75) is 51.0 Å². The Morgan fingerprint density at radius 1 is 1.21 bits per heavy atom. The minimum absolute atomic E-state index is 0.0372. The van der Waals surface area contributed by atoms with Crippen LogP contribution in [-0.2, 0) is 14.3 Å². The predicted molar refractivity (Wildman–Crippen MR) is 99.2 cm³/mol. The lowest BCUT2D eigenvalue weighted by atomic mass is 9.89. The van der Waals surface area contributed by atoms with E-state index in [0.717, 1.165) is 0 Å². The van der Waals surface area contributed by atoms with Crippen LogP contribution in [0.3, 0.4) is 0 Å². The molecular formula is C19H23NO8. The van der Waals surface area contributed by atoms with E-state index in [1.165, 1.54) is 26.2 Å². The summed E-state index contributed by atoms with van der Waals surface area (Å²) < 4.78 is 21.9. The van der Waals surface area contributed by atoms with E-state index in [-0.39, 0.29) is 22.9 Å². The van der Waals surface area contributed by atoms with Gasteiger partial charge in [-0.25, -0.2) is 4.79 Å². The molecule has 152 valence electrons. The number of ether oxygens (including phenoxy) is 3. The number of carbonyl (C=O) groups excluding carboxylic acids is 1. The van der Waals surface area contributed by atoms with Gasteiger partial charge in [0.1, 0.15) is 35.3 Å². The summed E-state index contributed by atoms with van der Waals surface area (Å²) in [5, 5.41) is 23.6. The van der Waals surface area contributed by atoms with Gasteiger partial charge in [0.25, 0.3) is 0 Å². The second kappa shape index (κ2) is 7.51. The van der Waals surface area contributed by atoms with Gasteiger partial charge in [0.05, 0.1) is 5.60 Å². The van der Waals surface area contributed by atoms with Gasteiger partial charge in [0.2, 0.25) is 12.2 Å². The Labute approximate surface area is 160 Å². The molecule has 9 heteroatoms. The summed E-state index contributed by atoms with van der Waals surface area (Å²) in [7, 11) is 1.42. The standard InChI is InChI=1S/C19H23NO8/c1-9(21)20-12-7-10-5-6-11(8-13(10)27-17(12)24)26-18-15(23)14(22)16(25-4)19(2,3)28-18/h5-8,14-16,18,22-23H,1-4H3,(H,20,21)/t14-,15-,16+,18+/m0/s1. The second-order valence-electron chi connectivity index (χ2n) is 7.17. The normalized spacial score (nSPS) is 26.8. The first kappa shape index (κ1) is 20.3. The Bertz CT molecular complexity index is 937. The minimum Gasteiger partial charge on any atom is -0.462 e. The van der Waals surface area contributed by atoms with Gasteiger partial charge < -0.3 is 34.2 Å². The maximum Gasteiger partial charge on any atom is 0.360 e. The topological polar surface area (TPSA) is 127 Å². The van der Waals surface area contributed by atoms with Crippen molar-refractivity contribution in [3.05, 3.63) is 34.7 Å². The third-order valence-corrected chi connectivity index (χ3v) is 4.57. The van der Waals surface area contributed by atoms with Crippen molar-refractivity contribution in [3.8, 4) is 5.75 Å². The minimum atomic E-state index is -1.34. The van der Waals surface area contributed by atoms with Crippen LogP contribution >= 0.6 is 0 Å². The highest BCUT2D eigenvalue weighted by molar-refractivity contribution is 5.91. The number of hydrogen-bond acceptors (Lipinski definition) is 8. The van der Waals surface area contributed by atoms with E-state index in [1.54, 1.807) is 26.0 Å². The van der Waals surface area contributed by atoms with Gasteiger partial charge >= 0.3 is 5.63 Å². The highest BCUT2D eigenvalue weighted by Gasteiger charge is 2.50. The molecule has 2 aromatic rings. The molecule has 1 fully saturated rings. The molecule has 0 unspecified atom stereocenters. The van der Waals surface area contributed by atoms with Crippen molar-refractivity contribution in [3.63, 3.8) is 0 Å². The first-order valence-electron chi connectivity index (χ1n) is 8.71. The maximum absolute atomic E-state index is 12.0. The lowest BCUT2D eigenvalue weighted by Gasteiger charge is -2.46. The van der Waals surface area contributed by atoms with Gasteiger partial charge in [-0.05, 0) is 32.0 Å². The van der Waals surface area contributed by atoms with Crippen LogP contribution in [0.2, 0.25) is 0 Å². The largest absolute Gasteiger partial charge is 0.462 e. The van der Waals surface area contributed by atoms with E-state index in [4.69, 9.17) is 18.6 Å². The lowest BCUT2D eigenvalue weighted by Crippen LogP contribution is -2.63. The number of aliphatic hydroxyl groups excluding tert-OH is 2. The zero-order valence-corrected chi connectivity index (χ0v) is 16.0. The molecule has 0 spiro atoms. The van der Waals surface area contributed by atoms with Gasteiger partial charge in [-0.1, -0.05) is 0 Å². The van der Waals surface area contributed by atoms with Gasteiger partial charge in [0.15, 0.2) is 0 Å². The Kier molecular flexibility index (Phi) is 5.44. The molecule has 1 aliphatic rings. The summed E-state index contributed by atoms with van der Waals surface area (Å²) in [6.45, 7) is 4.73. The van der Waals surface area contributed by atoms with E-state index in [9.17, 15) is 19.8 Å². The van der Waals surface area contributed by atoms with Crippen LogP contribution in [0.4, 0.5) is 5.69 Å². The second-order valence-corrected chi connectivity index (χ2v) is 7.17. The molecule has 9 nitrogen and oxygen atoms in total. The average Bonchev–Trinajstić information content (AvgIpc) is 2.60.